The van der Waals surface area contributed by atoms with E-state index < -0.39 is 5.97 Å². The van der Waals surface area contributed by atoms with Crippen molar-refractivity contribution in [2.45, 2.75) is 19.3 Å². The fourth-order valence-electron chi connectivity index (χ4n) is 2.89. The van der Waals surface area contributed by atoms with E-state index in [-0.39, 0.29) is 0 Å². The Hall–Kier alpha value is -1.77. The molecule has 88 valence electrons. The van der Waals surface area contributed by atoms with Gasteiger partial charge in [0.25, 0.3) is 0 Å². The Kier molecular flexibility index (Phi) is 2.39. The Labute approximate surface area is 100 Å². The lowest BCUT2D eigenvalue weighted by molar-refractivity contribution is -0.131. The maximum absolute atomic E-state index is 10.5. The first kappa shape index (κ1) is 10.4. The third kappa shape index (κ3) is 1.82. The summed E-state index contributed by atoms with van der Waals surface area (Å²) in [5, 5.41) is 8.65. The predicted octanol–water partition coefficient (Wildman–Crippen LogP) is 2.09. The molecule has 1 aromatic rings. The number of hydrogen-bond donors (Lipinski definition) is 1. The average Bonchev–Trinajstić information content (AvgIpc) is 2.72. The van der Waals surface area contributed by atoms with Crippen LogP contribution >= 0.6 is 0 Å². The summed E-state index contributed by atoms with van der Waals surface area (Å²) in [5.74, 6) is -0.888. The van der Waals surface area contributed by atoms with E-state index in [0.717, 1.165) is 24.9 Å². The summed E-state index contributed by atoms with van der Waals surface area (Å²) >= 11 is 0. The lowest BCUT2D eigenvalue weighted by Crippen LogP contribution is -2.26. The summed E-state index contributed by atoms with van der Waals surface area (Å²) in [5.41, 5.74) is 5.21. The molecule has 0 unspecified atom stereocenters. The molecule has 0 aromatic heterocycles. The number of carboxylic acid groups (broad SMARTS) is 1. The molecule has 0 saturated heterocycles. The van der Waals surface area contributed by atoms with Crippen LogP contribution in [0.25, 0.3) is 6.08 Å². The van der Waals surface area contributed by atoms with Crippen LogP contribution in [0.4, 0.5) is 5.69 Å². The van der Waals surface area contributed by atoms with E-state index in [1.165, 1.54) is 35.9 Å². The van der Waals surface area contributed by atoms with Crippen molar-refractivity contribution < 1.29 is 9.90 Å². The van der Waals surface area contributed by atoms with Crippen molar-refractivity contribution in [1.29, 1.82) is 0 Å². The molecule has 3 nitrogen and oxygen atoms in total. The van der Waals surface area contributed by atoms with Gasteiger partial charge in [0.2, 0.25) is 0 Å². The zero-order valence-electron chi connectivity index (χ0n) is 9.65. The van der Waals surface area contributed by atoms with Gasteiger partial charge in [0, 0.05) is 24.9 Å². The van der Waals surface area contributed by atoms with E-state index in [9.17, 15) is 4.79 Å². The Morgan fingerprint density at radius 3 is 2.76 bits per heavy atom. The van der Waals surface area contributed by atoms with Crippen LogP contribution in [0, 0.1) is 0 Å². The topological polar surface area (TPSA) is 40.5 Å². The first-order valence-corrected chi connectivity index (χ1v) is 6.06. The fourth-order valence-corrected chi connectivity index (χ4v) is 2.89. The summed E-state index contributed by atoms with van der Waals surface area (Å²) in [6, 6.07) is 4.26. The van der Waals surface area contributed by atoms with Gasteiger partial charge in [0.05, 0.1) is 0 Å². The van der Waals surface area contributed by atoms with Crippen molar-refractivity contribution in [3.63, 3.8) is 0 Å². The van der Waals surface area contributed by atoms with Gasteiger partial charge in [0.15, 0.2) is 0 Å². The van der Waals surface area contributed by atoms with E-state index in [2.05, 4.69) is 17.0 Å². The molecule has 1 N–H and O–H groups in total. The van der Waals surface area contributed by atoms with Gasteiger partial charge < -0.3 is 10.0 Å². The fraction of sp³-hybridized carbons (Fsp3) is 0.357. The summed E-state index contributed by atoms with van der Waals surface area (Å²) in [7, 11) is 0. The van der Waals surface area contributed by atoms with Gasteiger partial charge in [-0.05, 0) is 54.2 Å². The van der Waals surface area contributed by atoms with Crippen molar-refractivity contribution >= 4 is 17.7 Å². The first-order valence-electron chi connectivity index (χ1n) is 6.06. The normalized spacial score (nSPS) is 17.5. The highest BCUT2D eigenvalue weighted by Gasteiger charge is 2.25. The minimum atomic E-state index is -0.888. The Bertz CT molecular complexity index is 505. The van der Waals surface area contributed by atoms with Crippen LogP contribution in [-0.2, 0) is 17.6 Å². The number of anilines is 1. The first-order chi connectivity index (χ1) is 8.24. The van der Waals surface area contributed by atoms with Crippen molar-refractivity contribution in [3.05, 3.63) is 34.9 Å². The lowest BCUT2D eigenvalue weighted by Gasteiger charge is -2.27. The van der Waals surface area contributed by atoms with E-state index in [1.807, 2.05) is 0 Å². The van der Waals surface area contributed by atoms with E-state index in [1.54, 1.807) is 6.08 Å². The predicted molar refractivity (Wildman–Crippen MR) is 67.3 cm³/mol. The largest absolute Gasteiger partial charge is 0.478 e. The maximum atomic E-state index is 10.5. The van der Waals surface area contributed by atoms with E-state index >= 15 is 0 Å². The zero-order valence-corrected chi connectivity index (χ0v) is 9.65. The molecule has 0 radical (unpaired) electrons. The molecule has 0 bridgehead atoms. The molecule has 0 saturated carbocycles. The van der Waals surface area contributed by atoms with Crippen LogP contribution in [0.15, 0.2) is 18.2 Å². The van der Waals surface area contributed by atoms with Crippen LogP contribution in [0.2, 0.25) is 0 Å². The van der Waals surface area contributed by atoms with Crippen LogP contribution in [0.5, 0.6) is 0 Å². The minimum Gasteiger partial charge on any atom is -0.478 e. The molecule has 0 fully saturated rings. The molecule has 0 amide bonds. The van der Waals surface area contributed by atoms with Gasteiger partial charge in [-0.3, -0.25) is 0 Å². The molecule has 17 heavy (non-hydrogen) atoms. The van der Waals surface area contributed by atoms with Crippen molar-refractivity contribution in [2.24, 2.45) is 0 Å². The number of hydrogen-bond acceptors (Lipinski definition) is 2. The average molecular weight is 229 g/mol. The summed E-state index contributed by atoms with van der Waals surface area (Å²) in [6.45, 7) is 2.29. The second kappa shape index (κ2) is 3.91. The maximum Gasteiger partial charge on any atom is 0.328 e. The molecule has 3 heteroatoms. The molecule has 0 spiro atoms. The van der Waals surface area contributed by atoms with Crippen molar-refractivity contribution in [2.75, 3.05) is 18.0 Å². The van der Waals surface area contributed by atoms with Gasteiger partial charge in [-0.2, -0.15) is 0 Å². The molecule has 0 aliphatic carbocycles. The number of rotatable bonds is 2. The van der Waals surface area contributed by atoms with Gasteiger partial charge in [-0.15, -0.1) is 0 Å². The number of aliphatic carboxylic acids is 1. The van der Waals surface area contributed by atoms with Crippen LogP contribution in [0.3, 0.4) is 0 Å². The highest BCUT2D eigenvalue weighted by molar-refractivity contribution is 5.85. The molecule has 0 atom stereocenters. The van der Waals surface area contributed by atoms with Crippen LogP contribution in [0.1, 0.15) is 23.1 Å². The van der Waals surface area contributed by atoms with Gasteiger partial charge >= 0.3 is 5.97 Å². The van der Waals surface area contributed by atoms with Crippen LogP contribution < -0.4 is 4.90 Å². The molecule has 3 rings (SSSR count). The highest BCUT2D eigenvalue weighted by atomic mass is 16.4. The molecule has 2 aliphatic heterocycles. The second-order valence-corrected chi connectivity index (χ2v) is 4.70. The summed E-state index contributed by atoms with van der Waals surface area (Å²) < 4.78 is 0. The third-order valence-electron chi connectivity index (χ3n) is 3.55. The summed E-state index contributed by atoms with van der Waals surface area (Å²) in [4.78, 5) is 13.0. The van der Waals surface area contributed by atoms with Gasteiger partial charge in [-0.1, -0.05) is 0 Å². The third-order valence-corrected chi connectivity index (χ3v) is 3.55. The molecule has 1 aromatic carbocycles. The number of nitrogens with zero attached hydrogens (tertiary/aromatic N) is 1. The quantitative estimate of drug-likeness (QED) is 0.789. The second-order valence-electron chi connectivity index (χ2n) is 4.70. The number of carboxylic acids is 1. The van der Waals surface area contributed by atoms with E-state index in [4.69, 9.17) is 5.11 Å². The van der Waals surface area contributed by atoms with Gasteiger partial charge in [-0.25, -0.2) is 4.79 Å². The van der Waals surface area contributed by atoms with Gasteiger partial charge in [0.1, 0.15) is 0 Å². The van der Waals surface area contributed by atoms with Crippen molar-refractivity contribution in [1.82, 2.24) is 0 Å². The van der Waals surface area contributed by atoms with E-state index in [0.29, 0.717) is 0 Å². The molecule has 2 aliphatic rings. The molecular weight excluding hydrogens is 214 g/mol. The molecule has 2 heterocycles. The van der Waals surface area contributed by atoms with Crippen molar-refractivity contribution in [3.8, 4) is 0 Å². The Morgan fingerprint density at radius 2 is 2.00 bits per heavy atom. The lowest BCUT2D eigenvalue weighted by atomic mass is 9.97. The zero-order chi connectivity index (χ0) is 11.8. The Morgan fingerprint density at radius 1 is 1.24 bits per heavy atom. The monoisotopic (exact) mass is 229 g/mol. The summed E-state index contributed by atoms with van der Waals surface area (Å²) in [6.07, 6.45) is 6.32. The minimum absolute atomic E-state index is 0.888. The number of benzene rings is 1. The number of carbonyl (C=O) groups is 1. The smallest absolute Gasteiger partial charge is 0.328 e. The number of aryl methyl sites for hydroxylation is 1. The van der Waals surface area contributed by atoms with Crippen LogP contribution in [-0.4, -0.2) is 24.2 Å². The standard InChI is InChI=1S/C14H15NO2/c16-13(17)4-3-10-8-11-2-1-6-15-7-5-12(9-10)14(11)15/h3-4,8-9H,1-2,5-7H2,(H,16,17)/b4-3+. The highest BCUT2D eigenvalue weighted by Crippen LogP contribution is 2.37. The Balaban J connectivity index is 2.02. The molecular formula is C14H15NO2. The SMILES string of the molecule is O=C(O)/C=C/c1cc2c3c(c1)CCN3CCC2.